The fourth-order valence-electron chi connectivity index (χ4n) is 3.34. The summed E-state index contributed by atoms with van der Waals surface area (Å²) in [5.41, 5.74) is 1.85. The van der Waals surface area contributed by atoms with Gasteiger partial charge in [-0.1, -0.05) is 37.3 Å². The highest BCUT2D eigenvalue weighted by Crippen LogP contribution is 2.35. The molecule has 1 atom stereocenters. The number of likely N-dealkylation sites (N-methyl/N-ethyl adjacent to an activating group) is 2. The Hall–Kier alpha value is -2.91. The molecule has 0 saturated heterocycles. The summed E-state index contributed by atoms with van der Waals surface area (Å²) in [6.45, 7) is 3.55. The maximum absolute atomic E-state index is 13.2. The highest BCUT2D eigenvalue weighted by Gasteiger charge is 2.31. The molecule has 2 aromatic carbocycles. The van der Waals surface area contributed by atoms with Gasteiger partial charge < -0.3 is 15.0 Å². The van der Waals surface area contributed by atoms with Gasteiger partial charge in [0.15, 0.2) is 6.10 Å². The molecule has 31 heavy (non-hydrogen) atoms. The van der Waals surface area contributed by atoms with Gasteiger partial charge in [0.1, 0.15) is 5.75 Å². The van der Waals surface area contributed by atoms with E-state index in [0.717, 1.165) is 9.87 Å². The van der Waals surface area contributed by atoms with E-state index in [1.807, 2.05) is 37.3 Å². The lowest BCUT2D eigenvalue weighted by atomic mass is 10.1. The zero-order valence-corrected chi connectivity index (χ0v) is 18.9. The fraction of sp³-hybridized carbons (Fsp3) is 0.364. The van der Waals surface area contributed by atoms with Gasteiger partial charge in [0, 0.05) is 26.7 Å². The number of carbonyl (C=O) groups is 2. The number of fused-ring (bicyclic) bond motifs is 1. The van der Waals surface area contributed by atoms with E-state index < -0.39 is 16.1 Å². The molecule has 1 aliphatic rings. The third-order valence-corrected chi connectivity index (χ3v) is 7.15. The number of hydrogen-bond acceptors (Lipinski definition) is 5. The lowest BCUT2D eigenvalue weighted by molar-refractivity contribution is -0.130. The van der Waals surface area contributed by atoms with E-state index in [9.17, 15) is 18.0 Å². The number of sulfonamides is 1. The molecule has 3 rings (SSSR count). The van der Waals surface area contributed by atoms with Crippen LogP contribution in [0.1, 0.15) is 24.5 Å². The molecular formula is C22H27N3O5S. The minimum atomic E-state index is -3.95. The molecule has 2 amide bonds. The van der Waals surface area contributed by atoms with Crippen LogP contribution in [0.5, 0.6) is 5.75 Å². The first-order chi connectivity index (χ1) is 14.6. The van der Waals surface area contributed by atoms with Crippen molar-refractivity contribution < 1.29 is 22.7 Å². The van der Waals surface area contributed by atoms with Crippen LogP contribution in [-0.2, 0) is 26.2 Å². The minimum absolute atomic E-state index is 0.0401. The predicted molar refractivity (Wildman–Crippen MR) is 117 cm³/mol. The van der Waals surface area contributed by atoms with Crippen molar-refractivity contribution in [3.63, 3.8) is 0 Å². The van der Waals surface area contributed by atoms with E-state index >= 15 is 0 Å². The van der Waals surface area contributed by atoms with Gasteiger partial charge in [0.2, 0.25) is 15.9 Å². The molecule has 0 bridgehead atoms. The monoisotopic (exact) mass is 445 g/mol. The van der Waals surface area contributed by atoms with Crippen LogP contribution >= 0.6 is 0 Å². The number of rotatable bonds is 7. The van der Waals surface area contributed by atoms with E-state index in [1.54, 1.807) is 20.0 Å². The van der Waals surface area contributed by atoms with Crippen molar-refractivity contribution in [1.82, 2.24) is 9.21 Å². The number of hydrogen-bond donors (Lipinski definition) is 1. The summed E-state index contributed by atoms with van der Waals surface area (Å²) in [4.78, 5) is 26.2. The van der Waals surface area contributed by atoms with Crippen molar-refractivity contribution in [3.8, 4) is 5.75 Å². The van der Waals surface area contributed by atoms with Gasteiger partial charge in [-0.05, 0) is 30.5 Å². The van der Waals surface area contributed by atoms with Gasteiger partial charge in [-0.15, -0.1) is 0 Å². The van der Waals surface area contributed by atoms with E-state index in [4.69, 9.17) is 4.74 Å². The Kier molecular flexibility index (Phi) is 6.66. The number of aryl methyl sites for hydroxylation is 1. The lowest BCUT2D eigenvalue weighted by Crippen LogP contribution is -2.39. The molecule has 0 spiro atoms. The highest BCUT2D eigenvalue weighted by molar-refractivity contribution is 7.89. The van der Waals surface area contributed by atoms with Gasteiger partial charge in [-0.3, -0.25) is 9.59 Å². The zero-order chi connectivity index (χ0) is 22.8. The van der Waals surface area contributed by atoms with E-state index in [0.29, 0.717) is 30.0 Å². The third kappa shape index (κ3) is 4.88. The topological polar surface area (TPSA) is 96.0 Å². The fourth-order valence-corrected chi connectivity index (χ4v) is 4.68. The SMILES string of the molecule is CCC1Oc2cc(S(=O)(=O)N(C)CC(=O)N(C)Cc3ccccc3)c(C)cc2NC1=O. The zero-order valence-electron chi connectivity index (χ0n) is 18.1. The number of nitrogens with one attached hydrogen (secondary N) is 1. The van der Waals surface area contributed by atoms with Crippen molar-refractivity contribution in [2.75, 3.05) is 26.0 Å². The average Bonchev–Trinajstić information content (AvgIpc) is 2.73. The Morgan fingerprint density at radius 2 is 1.84 bits per heavy atom. The molecule has 0 aliphatic carbocycles. The third-order valence-electron chi connectivity index (χ3n) is 5.20. The Balaban J connectivity index is 1.78. The Morgan fingerprint density at radius 3 is 2.48 bits per heavy atom. The molecule has 1 aliphatic heterocycles. The Labute approximate surface area is 182 Å². The number of benzene rings is 2. The van der Waals surface area contributed by atoms with Gasteiger partial charge in [-0.25, -0.2) is 8.42 Å². The summed E-state index contributed by atoms with van der Waals surface area (Å²) < 4.78 is 33.1. The summed E-state index contributed by atoms with van der Waals surface area (Å²) in [7, 11) is -0.934. The van der Waals surface area contributed by atoms with Gasteiger partial charge >= 0.3 is 0 Å². The largest absolute Gasteiger partial charge is 0.478 e. The molecule has 1 N–H and O–H groups in total. The smallest absolute Gasteiger partial charge is 0.265 e. The standard InChI is InChI=1S/C22H27N3O5S/c1-5-18-22(27)23-17-11-15(2)20(12-19(17)30-18)31(28,29)25(4)14-21(26)24(3)13-16-9-7-6-8-10-16/h6-12,18H,5,13-14H2,1-4H3,(H,23,27). The molecule has 0 fully saturated rings. The first-order valence-corrected chi connectivity index (χ1v) is 11.4. The van der Waals surface area contributed by atoms with Gasteiger partial charge in [0.25, 0.3) is 5.91 Å². The Morgan fingerprint density at radius 1 is 1.16 bits per heavy atom. The maximum Gasteiger partial charge on any atom is 0.265 e. The average molecular weight is 446 g/mol. The van der Waals surface area contributed by atoms with Crippen LogP contribution in [0.2, 0.25) is 0 Å². The first kappa shape index (κ1) is 22.8. The number of ether oxygens (including phenoxy) is 1. The molecule has 1 heterocycles. The number of anilines is 1. The van der Waals surface area contributed by atoms with Crippen LogP contribution in [0, 0.1) is 6.92 Å². The summed E-state index contributed by atoms with van der Waals surface area (Å²) in [6, 6.07) is 12.5. The van der Waals surface area contributed by atoms with Crippen molar-refractivity contribution in [2.24, 2.45) is 0 Å². The predicted octanol–water partition coefficient (Wildman–Crippen LogP) is 2.38. The van der Waals surface area contributed by atoms with Crippen LogP contribution < -0.4 is 10.1 Å². The van der Waals surface area contributed by atoms with Crippen molar-refractivity contribution in [2.45, 2.75) is 37.8 Å². The number of nitrogens with zero attached hydrogens (tertiary/aromatic N) is 2. The summed E-state index contributed by atoms with van der Waals surface area (Å²) in [5.74, 6) is -0.272. The van der Waals surface area contributed by atoms with E-state index in [2.05, 4.69) is 5.32 Å². The first-order valence-electron chi connectivity index (χ1n) is 10.00. The summed E-state index contributed by atoms with van der Waals surface area (Å²) >= 11 is 0. The molecule has 0 radical (unpaired) electrons. The maximum atomic E-state index is 13.2. The number of carbonyl (C=O) groups excluding carboxylic acids is 2. The molecular weight excluding hydrogens is 418 g/mol. The molecule has 9 heteroatoms. The van der Waals surface area contributed by atoms with E-state index in [-0.39, 0.29) is 23.3 Å². The second-order valence-corrected chi connectivity index (χ2v) is 9.63. The van der Waals surface area contributed by atoms with Crippen LogP contribution in [0.3, 0.4) is 0 Å². The minimum Gasteiger partial charge on any atom is -0.478 e. The van der Waals surface area contributed by atoms with Crippen LogP contribution in [0.4, 0.5) is 5.69 Å². The molecule has 8 nitrogen and oxygen atoms in total. The Bertz CT molecular complexity index is 1090. The second kappa shape index (κ2) is 9.07. The lowest BCUT2D eigenvalue weighted by Gasteiger charge is -2.27. The highest BCUT2D eigenvalue weighted by atomic mass is 32.2. The van der Waals surface area contributed by atoms with Crippen molar-refractivity contribution >= 4 is 27.5 Å². The summed E-state index contributed by atoms with van der Waals surface area (Å²) in [5, 5.41) is 2.75. The van der Waals surface area contributed by atoms with E-state index in [1.165, 1.54) is 18.0 Å². The number of amides is 2. The van der Waals surface area contributed by atoms with Crippen molar-refractivity contribution in [1.29, 1.82) is 0 Å². The molecule has 0 aromatic heterocycles. The van der Waals surface area contributed by atoms with Crippen LogP contribution in [0.15, 0.2) is 47.4 Å². The second-order valence-electron chi connectivity index (χ2n) is 7.61. The molecule has 2 aromatic rings. The quantitative estimate of drug-likeness (QED) is 0.706. The van der Waals surface area contributed by atoms with Gasteiger partial charge in [0.05, 0.1) is 17.1 Å². The van der Waals surface area contributed by atoms with Crippen LogP contribution in [0.25, 0.3) is 0 Å². The molecule has 1 unspecified atom stereocenters. The summed E-state index contributed by atoms with van der Waals surface area (Å²) in [6.07, 6.45) is -0.208. The molecule has 0 saturated carbocycles. The van der Waals surface area contributed by atoms with Crippen molar-refractivity contribution in [3.05, 3.63) is 53.6 Å². The van der Waals surface area contributed by atoms with Gasteiger partial charge in [-0.2, -0.15) is 4.31 Å². The van der Waals surface area contributed by atoms with Crippen LogP contribution in [-0.4, -0.2) is 56.2 Å². The normalized spacial score (nSPS) is 15.8. The molecule has 166 valence electrons.